The van der Waals surface area contributed by atoms with Crippen molar-refractivity contribution in [2.75, 3.05) is 5.32 Å². The minimum atomic E-state index is 0.0438. The quantitative estimate of drug-likeness (QED) is 0.231. The van der Waals surface area contributed by atoms with Crippen molar-refractivity contribution in [3.8, 4) is 0 Å². The summed E-state index contributed by atoms with van der Waals surface area (Å²) in [7, 11) is 0. The van der Waals surface area contributed by atoms with E-state index in [1.54, 1.807) is 23.6 Å². The fourth-order valence-corrected chi connectivity index (χ4v) is 3.84. The number of hydrogen-bond acceptors (Lipinski definition) is 3. The van der Waals surface area contributed by atoms with Crippen LogP contribution in [0.1, 0.15) is 66.4 Å². The molecule has 0 fully saturated rings. The summed E-state index contributed by atoms with van der Waals surface area (Å²) >= 11 is 7.47. The average molecular weight is 390 g/mol. The molecule has 0 spiro atoms. The maximum Gasteiger partial charge on any atom is 0.197 e. The first-order chi connectivity index (χ1) is 12.7. The molecule has 1 aromatic heterocycles. The summed E-state index contributed by atoms with van der Waals surface area (Å²) in [6, 6.07) is 11.4. The number of ketones is 1. The van der Waals surface area contributed by atoms with Crippen LogP contribution in [0.2, 0.25) is 5.02 Å². The number of anilines is 1. The van der Waals surface area contributed by atoms with Gasteiger partial charge < -0.3 is 5.32 Å². The van der Waals surface area contributed by atoms with Gasteiger partial charge in [0.2, 0.25) is 0 Å². The smallest absolute Gasteiger partial charge is 0.197 e. The molecule has 1 N–H and O–H groups in total. The summed E-state index contributed by atoms with van der Waals surface area (Å²) in [5.74, 6) is 0.0438. The first kappa shape index (κ1) is 20.7. The Morgan fingerprint density at radius 3 is 2.42 bits per heavy atom. The number of nitrogens with one attached hydrogen (secondary N) is 1. The number of thiophene rings is 1. The predicted molar refractivity (Wildman–Crippen MR) is 115 cm³/mol. The van der Waals surface area contributed by atoms with E-state index >= 15 is 0 Å². The Hall–Kier alpha value is -1.58. The van der Waals surface area contributed by atoms with Crippen LogP contribution in [0, 0.1) is 0 Å². The van der Waals surface area contributed by atoms with E-state index in [1.807, 2.05) is 30.3 Å². The molecule has 0 saturated heterocycles. The highest BCUT2D eigenvalue weighted by molar-refractivity contribution is 7.14. The van der Waals surface area contributed by atoms with E-state index in [0.717, 1.165) is 17.0 Å². The number of rotatable bonds is 12. The summed E-state index contributed by atoms with van der Waals surface area (Å²) in [5, 5.41) is 3.78. The molecule has 4 heteroatoms. The Bertz CT molecular complexity index is 690. The lowest BCUT2D eigenvalue weighted by atomic mass is 10.1. The lowest BCUT2D eigenvalue weighted by Gasteiger charge is -2.00. The second kappa shape index (κ2) is 11.9. The van der Waals surface area contributed by atoms with Crippen LogP contribution >= 0.6 is 22.9 Å². The van der Waals surface area contributed by atoms with Crippen LogP contribution in [0.3, 0.4) is 0 Å². The maximum absolute atomic E-state index is 12.2. The Kier molecular flexibility index (Phi) is 9.51. The van der Waals surface area contributed by atoms with Crippen molar-refractivity contribution in [1.82, 2.24) is 0 Å². The predicted octanol–water partition coefficient (Wildman–Crippen LogP) is 7.50. The summed E-state index contributed by atoms with van der Waals surface area (Å²) in [5.41, 5.74) is 0.907. The highest BCUT2D eigenvalue weighted by atomic mass is 35.5. The normalized spacial score (nSPS) is 11.2. The number of hydrogen-bond donors (Lipinski definition) is 1. The molecule has 1 heterocycles. The van der Waals surface area contributed by atoms with Gasteiger partial charge in [0.15, 0.2) is 5.78 Å². The van der Waals surface area contributed by atoms with Gasteiger partial charge in [-0.3, -0.25) is 4.79 Å². The lowest BCUT2D eigenvalue weighted by molar-refractivity contribution is 0.105. The molecule has 0 bridgehead atoms. The Labute approximate surface area is 166 Å². The molecule has 0 aliphatic heterocycles. The molecule has 2 rings (SSSR count). The highest BCUT2D eigenvalue weighted by Crippen LogP contribution is 2.20. The van der Waals surface area contributed by atoms with Gasteiger partial charge in [0.25, 0.3) is 0 Å². The zero-order valence-electron chi connectivity index (χ0n) is 15.5. The lowest BCUT2D eigenvalue weighted by Crippen LogP contribution is -1.93. The van der Waals surface area contributed by atoms with Gasteiger partial charge in [-0.25, -0.2) is 0 Å². The van der Waals surface area contributed by atoms with Crippen LogP contribution in [0.15, 0.2) is 48.7 Å². The van der Waals surface area contributed by atoms with E-state index in [2.05, 4.69) is 18.3 Å². The van der Waals surface area contributed by atoms with Crippen molar-refractivity contribution < 1.29 is 4.79 Å². The number of benzene rings is 1. The third-order valence-electron chi connectivity index (χ3n) is 4.26. The van der Waals surface area contributed by atoms with Gasteiger partial charge in [0.1, 0.15) is 0 Å². The van der Waals surface area contributed by atoms with E-state index in [1.165, 1.54) is 49.8 Å². The molecule has 0 radical (unpaired) electrons. The van der Waals surface area contributed by atoms with Crippen LogP contribution in [-0.2, 0) is 6.42 Å². The number of carbonyl (C=O) groups excluding carboxylic acids is 1. The molecule has 1 aromatic carbocycles. The monoisotopic (exact) mass is 389 g/mol. The zero-order chi connectivity index (χ0) is 18.6. The van der Waals surface area contributed by atoms with Crippen LogP contribution in [0.4, 0.5) is 5.69 Å². The third-order valence-corrected chi connectivity index (χ3v) is 5.67. The van der Waals surface area contributed by atoms with E-state index in [9.17, 15) is 4.79 Å². The molecule has 26 heavy (non-hydrogen) atoms. The molecule has 0 aliphatic carbocycles. The van der Waals surface area contributed by atoms with Gasteiger partial charge in [-0.1, -0.05) is 57.0 Å². The number of allylic oxidation sites excluding steroid dienone is 1. The Balaban J connectivity index is 1.69. The molecule has 0 atom stereocenters. The average Bonchev–Trinajstić information content (AvgIpc) is 3.11. The minimum absolute atomic E-state index is 0.0438. The van der Waals surface area contributed by atoms with Crippen molar-refractivity contribution in [1.29, 1.82) is 0 Å². The SMILES string of the molecule is CCCCCCCCCc1ccc(C(=O)/C=C\Nc2ccc(Cl)cc2)s1. The first-order valence-corrected chi connectivity index (χ1v) is 10.7. The van der Waals surface area contributed by atoms with Crippen LogP contribution in [-0.4, -0.2) is 5.78 Å². The molecular formula is C22H28ClNOS. The molecular weight excluding hydrogens is 362 g/mol. The Morgan fingerprint density at radius 1 is 1.00 bits per heavy atom. The second-order valence-electron chi connectivity index (χ2n) is 6.49. The Morgan fingerprint density at radius 2 is 1.69 bits per heavy atom. The molecule has 0 aliphatic rings. The molecule has 2 aromatic rings. The molecule has 0 saturated carbocycles. The van der Waals surface area contributed by atoms with Crippen molar-refractivity contribution >= 4 is 34.4 Å². The third kappa shape index (κ3) is 7.76. The maximum atomic E-state index is 12.2. The van der Waals surface area contributed by atoms with Crippen molar-refractivity contribution in [3.63, 3.8) is 0 Å². The number of carbonyl (C=O) groups is 1. The molecule has 0 amide bonds. The van der Waals surface area contributed by atoms with Crippen molar-refractivity contribution in [2.24, 2.45) is 0 Å². The molecule has 2 nitrogen and oxygen atoms in total. The molecule has 0 unspecified atom stereocenters. The zero-order valence-corrected chi connectivity index (χ0v) is 17.0. The van der Waals surface area contributed by atoms with Gasteiger partial charge in [-0.2, -0.15) is 0 Å². The first-order valence-electron chi connectivity index (χ1n) is 9.50. The van der Waals surface area contributed by atoms with E-state index in [4.69, 9.17) is 11.6 Å². The largest absolute Gasteiger partial charge is 0.362 e. The highest BCUT2D eigenvalue weighted by Gasteiger charge is 2.06. The van der Waals surface area contributed by atoms with Gasteiger partial charge in [0, 0.05) is 27.9 Å². The van der Waals surface area contributed by atoms with E-state index in [-0.39, 0.29) is 5.78 Å². The number of aryl methyl sites for hydroxylation is 1. The summed E-state index contributed by atoms with van der Waals surface area (Å²) in [6.45, 7) is 2.25. The van der Waals surface area contributed by atoms with Crippen molar-refractivity contribution in [2.45, 2.75) is 58.3 Å². The van der Waals surface area contributed by atoms with Crippen LogP contribution in [0.5, 0.6) is 0 Å². The number of halogens is 1. The summed E-state index contributed by atoms with van der Waals surface area (Å²) in [4.78, 5) is 14.4. The number of unbranched alkanes of at least 4 members (excludes halogenated alkanes) is 6. The fraction of sp³-hybridized carbons (Fsp3) is 0.409. The van der Waals surface area contributed by atoms with Gasteiger partial charge >= 0.3 is 0 Å². The van der Waals surface area contributed by atoms with Crippen LogP contribution in [0.25, 0.3) is 0 Å². The standard InChI is InChI=1S/C22H28ClNOS/c1-2-3-4-5-6-7-8-9-20-14-15-22(26-20)21(25)16-17-24-19-12-10-18(23)11-13-19/h10-17,24H,2-9H2,1H3/b17-16-. The van der Waals surface area contributed by atoms with E-state index in [0.29, 0.717) is 5.02 Å². The topological polar surface area (TPSA) is 29.1 Å². The van der Waals surface area contributed by atoms with Gasteiger partial charge in [0.05, 0.1) is 4.88 Å². The molecule has 140 valence electrons. The van der Waals surface area contributed by atoms with Crippen LogP contribution < -0.4 is 5.32 Å². The van der Waals surface area contributed by atoms with Gasteiger partial charge in [-0.15, -0.1) is 11.3 Å². The second-order valence-corrected chi connectivity index (χ2v) is 8.09. The summed E-state index contributed by atoms with van der Waals surface area (Å²) in [6.07, 6.45) is 13.6. The summed E-state index contributed by atoms with van der Waals surface area (Å²) < 4.78 is 0. The fourth-order valence-electron chi connectivity index (χ4n) is 2.74. The van der Waals surface area contributed by atoms with Crippen molar-refractivity contribution in [3.05, 3.63) is 63.5 Å². The van der Waals surface area contributed by atoms with E-state index < -0.39 is 0 Å². The minimum Gasteiger partial charge on any atom is -0.362 e. The van der Waals surface area contributed by atoms with Gasteiger partial charge in [-0.05, 0) is 49.2 Å².